The van der Waals surface area contributed by atoms with Crippen LogP contribution in [0.25, 0.3) is 0 Å². The molecular weight excluding hydrogens is 394 g/mol. The number of piperazine rings is 1. The number of amides is 2. The Labute approximate surface area is 172 Å². The molecule has 0 N–H and O–H groups in total. The Morgan fingerprint density at radius 1 is 1.10 bits per heavy atom. The predicted molar refractivity (Wildman–Crippen MR) is 109 cm³/mol. The Morgan fingerprint density at radius 3 is 2.24 bits per heavy atom. The van der Waals surface area contributed by atoms with Crippen molar-refractivity contribution in [3.63, 3.8) is 0 Å². The topological polar surface area (TPSA) is 87.2 Å². The Balaban J connectivity index is 1.77. The number of nitrogens with zero attached hydrogens (tertiary/aromatic N) is 3. The third kappa shape index (κ3) is 4.31. The minimum absolute atomic E-state index is 0.142. The summed E-state index contributed by atoms with van der Waals surface area (Å²) in [5.74, 6) is -0.385. The fourth-order valence-electron chi connectivity index (χ4n) is 3.72. The Bertz CT molecular complexity index is 861. The van der Waals surface area contributed by atoms with Crippen molar-refractivity contribution in [3.05, 3.63) is 35.4 Å². The van der Waals surface area contributed by atoms with Gasteiger partial charge in [-0.25, -0.2) is 8.42 Å². The quantitative estimate of drug-likeness (QED) is 0.714. The zero-order valence-corrected chi connectivity index (χ0v) is 18.2. The highest BCUT2D eigenvalue weighted by atomic mass is 32.2. The van der Waals surface area contributed by atoms with Crippen LogP contribution in [0.1, 0.15) is 31.0 Å². The van der Waals surface area contributed by atoms with Crippen molar-refractivity contribution in [1.29, 1.82) is 0 Å². The lowest BCUT2D eigenvalue weighted by molar-refractivity contribution is -0.168. The van der Waals surface area contributed by atoms with Crippen molar-refractivity contribution < 1.29 is 22.7 Å². The maximum atomic E-state index is 13.2. The van der Waals surface area contributed by atoms with Gasteiger partial charge in [-0.1, -0.05) is 29.8 Å². The molecule has 0 aromatic heterocycles. The zero-order valence-electron chi connectivity index (χ0n) is 17.4. The summed E-state index contributed by atoms with van der Waals surface area (Å²) < 4.78 is 31.9. The van der Waals surface area contributed by atoms with Crippen LogP contribution in [0.2, 0.25) is 0 Å². The molecule has 2 aliphatic heterocycles. The van der Waals surface area contributed by atoms with Crippen LogP contribution in [-0.2, 0) is 24.3 Å². The van der Waals surface area contributed by atoms with Crippen LogP contribution < -0.4 is 0 Å². The first-order chi connectivity index (χ1) is 13.6. The van der Waals surface area contributed by atoms with Crippen LogP contribution in [0.3, 0.4) is 0 Å². The molecular formula is C20H29N3O5S. The number of rotatable bonds is 4. The van der Waals surface area contributed by atoms with E-state index >= 15 is 0 Å². The number of carbonyl (C=O) groups excluding carboxylic acids is 2. The van der Waals surface area contributed by atoms with Gasteiger partial charge < -0.3 is 14.5 Å². The molecule has 0 bridgehead atoms. The van der Waals surface area contributed by atoms with Crippen molar-refractivity contribution in [2.24, 2.45) is 0 Å². The van der Waals surface area contributed by atoms with E-state index < -0.39 is 27.4 Å². The van der Waals surface area contributed by atoms with Gasteiger partial charge in [0.25, 0.3) is 5.91 Å². The van der Waals surface area contributed by atoms with Crippen LogP contribution in [0.15, 0.2) is 24.3 Å². The van der Waals surface area contributed by atoms with Crippen LogP contribution in [0, 0.1) is 6.92 Å². The first-order valence-corrected chi connectivity index (χ1v) is 11.3. The molecule has 2 atom stereocenters. The summed E-state index contributed by atoms with van der Waals surface area (Å²) in [5.41, 5.74) is 1.93. The second-order valence-electron chi connectivity index (χ2n) is 7.91. The van der Waals surface area contributed by atoms with Gasteiger partial charge in [-0.3, -0.25) is 9.59 Å². The number of ether oxygens (including phenoxy) is 1. The van der Waals surface area contributed by atoms with Crippen molar-refractivity contribution in [2.75, 3.05) is 39.8 Å². The van der Waals surface area contributed by atoms with Gasteiger partial charge in [-0.2, -0.15) is 4.31 Å². The minimum atomic E-state index is -3.34. The molecule has 3 rings (SSSR count). The Kier molecular flexibility index (Phi) is 6.30. The number of likely N-dealkylation sites (N-methyl/N-ethyl adjacent to an activating group) is 1. The lowest BCUT2D eigenvalue weighted by atomic mass is 9.96. The molecule has 0 radical (unpaired) electrons. The second-order valence-corrected chi connectivity index (χ2v) is 10.4. The van der Waals surface area contributed by atoms with E-state index in [0.29, 0.717) is 13.1 Å². The van der Waals surface area contributed by atoms with E-state index in [1.807, 2.05) is 31.2 Å². The zero-order chi connectivity index (χ0) is 21.3. The highest BCUT2D eigenvalue weighted by Crippen LogP contribution is 2.30. The number of sulfonamides is 1. The fourth-order valence-corrected chi connectivity index (χ4v) is 4.99. The molecule has 160 valence electrons. The van der Waals surface area contributed by atoms with Crippen LogP contribution in [0.4, 0.5) is 0 Å². The first-order valence-electron chi connectivity index (χ1n) is 9.84. The third-order valence-electron chi connectivity index (χ3n) is 5.65. The fraction of sp³-hybridized carbons (Fsp3) is 0.600. The number of hydrogen-bond acceptors (Lipinski definition) is 5. The van der Waals surface area contributed by atoms with Crippen molar-refractivity contribution >= 4 is 21.8 Å². The summed E-state index contributed by atoms with van der Waals surface area (Å²) in [6.07, 6.45) is -0.811. The number of aryl methyl sites for hydroxylation is 1. The molecule has 2 saturated heterocycles. The van der Waals surface area contributed by atoms with E-state index in [9.17, 15) is 18.0 Å². The lowest BCUT2D eigenvalue weighted by Crippen LogP contribution is -2.58. The maximum absolute atomic E-state index is 13.2. The van der Waals surface area contributed by atoms with Gasteiger partial charge in [0.1, 0.15) is 6.61 Å². The van der Waals surface area contributed by atoms with E-state index in [1.165, 1.54) is 4.31 Å². The molecule has 2 heterocycles. The lowest BCUT2D eigenvalue weighted by Gasteiger charge is -2.42. The summed E-state index contributed by atoms with van der Waals surface area (Å²) in [4.78, 5) is 28.7. The largest absolute Gasteiger partial charge is 0.356 e. The number of benzene rings is 1. The molecule has 1 aromatic carbocycles. The summed E-state index contributed by atoms with van der Waals surface area (Å²) in [6, 6.07) is 7.19. The van der Waals surface area contributed by atoms with E-state index in [-0.39, 0.29) is 31.5 Å². The van der Waals surface area contributed by atoms with Crippen LogP contribution in [0.5, 0.6) is 0 Å². The Morgan fingerprint density at radius 2 is 1.69 bits per heavy atom. The van der Waals surface area contributed by atoms with Gasteiger partial charge in [0, 0.05) is 33.2 Å². The van der Waals surface area contributed by atoms with Gasteiger partial charge in [0.2, 0.25) is 15.9 Å². The first kappa shape index (κ1) is 21.7. The van der Waals surface area contributed by atoms with Crippen molar-refractivity contribution in [3.8, 4) is 0 Å². The summed E-state index contributed by atoms with van der Waals surface area (Å²) in [6.45, 7) is 6.29. The van der Waals surface area contributed by atoms with Gasteiger partial charge in [0.15, 0.2) is 6.10 Å². The number of carbonyl (C=O) groups is 2. The normalized spacial score (nSPS) is 24.2. The average molecular weight is 424 g/mol. The third-order valence-corrected chi connectivity index (χ3v) is 7.93. The number of hydrogen-bond donors (Lipinski definition) is 0. The SMILES string of the molecule is Cc1ccc([C@@H]2[C@H](C(=O)N3CCN(S(=O)(=O)C(C)C)CC3)OCC(=O)N2C)cc1. The minimum Gasteiger partial charge on any atom is -0.356 e. The van der Waals surface area contributed by atoms with Crippen LogP contribution >= 0.6 is 0 Å². The molecule has 8 nitrogen and oxygen atoms in total. The molecule has 9 heteroatoms. The summed E-state index contributed by atoms with van der Waals surface area (Å²) in [5, 5.41) is -0.489. The van der Waals surface area contributed by atoms with E-state index in [4.69, 9.17) is 4.74 Å². The van der Waals surface area contributed by atoms with Gasteiger partial charge in [0.05, 0.1) is 11.3 Å². The second kappa shape index (κ2) is 8.41. The average Bonchev–Trinajstić information content (AvgIpc) is 2.70. The summed E-state index contributed by atoms with van der Waals surface area (Å²) in [7, 11) is -1.65. The molecule has 0 saturated carbocycles. The molecule has 2 aliphatic rings. The molecule has 0 unspecified atom stereocenters. The van der Waals surface area contributed by atoms with E-state index in [2.05, 4.69) is 0 Å². The monoisotopic (exact) mass is 423 g/mol. The highest BCUT2D eigenvalue weighted by molar-refractivity contribution is 7.89. The smallest absolute Gasteiger partial charge is 0.254 e. The van der Waals surface area contributed by atoms with Gasteiger partial charge in [-0.05, 0) is 26.3 Å². The Hall–Kier alpha value is -1.97. The standard InChI is InChI=1S/C20H29N3O5S/c1-14(2)29(26,27)23-11-9-22(10-12-23)20(25)19-18(21(4)17(24)13-28-19)16-7-5-15(3)6-8-16/h5-8,14,18-19H,9-13H2,1-4H3/t18-,19-/m1/s1. The molecule has 2 amide bonds. The van der Waals surface area contributed by atoms with Crippen LogP contribution in [-0.4, -0.2) is 85.5 Å². The van der Waals surface area contributed by atoms with Crippen molar-refractivity contribution in [2.45, 2.75) is 38.2 Å². The molecule has 1 aromatic rings. The molecule has 0 aliphatic carbocycles. The summed E-state index contributed by atoms with van der Waals surface area (Å²) >= 11 is 0. The molecule has 0 spiro atoms. The molecule has 2 fully saturated rings. The van der Waals surface area contributed by atoms with Crippen molar-refractivity contribution in [1.82, 2.24) is 14.1 Å². The van der Waals surface area contributed by atoms with E-state index in [0.717, 1.165) is 11.1 Å². The maximum Gasteiger partial charge on any atom is 0.254 e. The highest BCUT2D eigenvalue weighted by Gasteiger charge is 2.43. The van der Waals surface area contributed by atoms with Gasteiger partial charge in [-0.15, -0.1) is 0 Å². The predicted octanol–water partition coefficient (Wildman–Crippen LogP) is 0.776. The van der Waals surface area contributed by atoms with E-state index in [1.54, 1.807) is 30.7 Å². The molecule has 29 heavy (non-hydrogen) atoms. The van der Waals surface area contributed by atoms with Gasteiger partial charge >= 0.3 is 0 Å². The number of morpholine rings is 1.